The number of anilines is 3. The molecule has 0 saturated carbocycles. The van der Waals surface area contributed by atoms with Crippen LogP contribution in [0.2, 0.25) is 0 Å². The standard InChI is InChI=1S/C59H43N/c1-59(2)56-23-9-8-20-55(56)58-54(22-12-24-57(58)59)48-26-25-47-39-51(36-31-46(47)38-48)60(50-34-29-43(30-35-50)53-21-11-16-42-15-6-7-19-52(42)53)49-32-27-41(28-33-49)45-18-10-17-44(37-45)40-13-4-3-5-14-40/h3-39H,1-2H3. The van der Waals surface area contributed by atoms with Gasteiger partial charge in [-0.2, -0.15) is 0 Å². The Kier molecular flexibility index (Phi) is 8.57. The predicted molar refractivity (Wildman–Crippen MR) is 255 cm³/mol. The van der Waals surface area contributed by atoms with Crippen molar-refractivity contribution >= 4 is 38.6 Å². The molecule has 0 aliphatic heterocycles. The zero-order valence-electron chi connectivity index (χ0n) is 33.8. The maximum atomic E-state index is 2.38. The van der Waals surface area contributed by atoms with Crippen LogP contribution in [0.15, 0.2) is 224 Å². The molecule has 1 nitrogen and oxygen atoms in total. The first kappa shape index (κ1) is 35.7. The van der Waals surface area contributed by atoms with E-state index in [1.807, 2.05) is 0 Å². The third-order valence-corrected chi connectivity index (χ3v) is 12.7. The molecule has 1 heteroatoms. The molecule has 60 heavy (non-hydrogen) atoms. The molecule has 10 aromatic rings. The van der Waals surface area contributed by atoms with Crippen molar-refractivity contribution in [2.24, 2.45) is 0 Å². The van der Waals surface area contributed by atoms with Crippen LogP contribution in [0.25, 0.3) is 77.2 Å². The Morgan fingerprint density at radius 2 is 0.817 bits per heavy atom. The predicted octanol–water partition coefficient (Wildman–Crippen LogP) is 16.4. The summed E-state index contributed by atoms with van der Waals surface area (Å²) < 4.78 is 0. The Morgan fingerprint density at radius 1 is 0.300 bits per heavy atom. The highest BCUT2D eigenvalue weighted by Crippen LogP contribution is 2.52. The molecule has 10 aromatic carbocycles. The quantitative estimate of drug-likeness (QED) is 0.156. The van der Waals surface area contributed by atoms with Crippen LogP contribution in [-0.2, 0) is 5.41 Å². The van der Waals surface area contributed by atoms with E-state index in [-0.39, 0.29) is 5.41 Å². The maximum absolute atomic E-state index is 2.38. The van der Waals surface area contributed by atoms with Gasteiger partial charge in [0, 0.05) is 22.5 Å². The SMILES string of the molecule is CC1(C)c2ccccc2-c2c(-c3ccc4cc(N(c5ccc(-c6cccc(-c7ccccc7)c6)cc5)c5ccc(-c6cccc7ccccc67)cc5)ccc4c3)cccc21. The fourth-order valence-corrected chi connectivity index (χ4v) is 9.56. The molecule has 1 aliphatic rings. The van der Waals surface area contributed by atoms with E-state index in [9.17, 15) is 0 Å². The molecule has 0 unspecified atom stereocenters. The van der Waals surface area contributed by atoms with Crippen molar-refractivity contribution in [3.05, 3.63) is 236 Å². The number of hydrogen-bond acceptors (Lipinski definition) is 1. The Labute approximate surface area is 352 Å². The van der Waals surface area contributed by atoms with Crippen molar-refractivity contribution in [3.63, 3.8) is 0 Å². The fourth-order valence-electron chi connectivity index (χ4n) is 9.56. The van der Waals surface area contributed by atoms with Crippen molar-refractivity contribution in [2.75, 3.05) is 4.90 Å². The van der Waals surface area contributed by atoms with Crippen molar-refractivity contribution < 1.29 is 0 Å². The van der Waals surface area contributed by atoms with E-state index in [0.29, 0.717) is 0 Å². The molecule has 0 bridgehead atoms. The molecule has 11 rings (SSSR count). The van der Waals surface area contributed by atoms with Crippen LogP contribution in [0, 0.1) is 0 Å². The summed E-state index contributed by atoms with van der Waals surface area (Å²) in [6.07, 6.45) is 0. The van der Waals surface area contributed by atoms with Crippen molar-refractivity contribution in [2.45, 2.75) is 19.3 Å². The minimum absolute atomic E-state index is 0.0331. The molecular formula is C59H43N. The summed E-state index contributed by atoms with van der Waals surface area (Å²) in [7, 11) is 0. The summed E-state index contributed by atoms with van der Waals surface area (Å²) in [5.74, 6) is 0. The molecule has 0 N–H and O–H groups in total. The summed E-state index contributed by atoms with van der Waals surface area (Å²) in [5, 5.41) is 4.94. The molecule has 284 valence electrons. The zero-order chi connectivity index (χ0) is 40.2. The van der Waals surface area contributed by atoms with Gasteiger partial charge >= 0.3 is 0 Å². The van der Waals surface area contributed by atoms with E-state index >= 15 is 0 Å². The lowest BCUT2D eigenvalue weighted by Gasteiger charge is -2.26. The summed E-state index contributed by atoms with van der Waals surface area (Å²) in [6.45, 7) is 4.70. The lowest BCUT2D eigenvalue weighted by atomic mass is 9.82. The maximum Gasteiger partial charge on any atom is 0.0468 e. The second-order valence-corrected chi connectivity index (χ2v) is 16.5. The van der Waals surface area contributed by atoms with Crippen molar-refractivity contribution in [1.82, 2.24) is 0 Å². The third kappa shape index (κ3) is 6.10. The normalized spacial score (nSPS) is 12.6. The van der Waals surface area contributed by atoms with Gasteiger partial charge in [0.05, 0.1) is 0 Å². The molecule has 0 fully saturated rings. The fraction of sp³-hybridized carbons (Fsp3) is 0.0508. The molecule has 0 saturated heterocycles. The first-order valence-electron chi connectivity index (χ1n) is 20.9. The van der Waals surface area contributed by atoms with E-state index in [2.05, 4.69) is 243 Å². The smallest absolute Gasteiger partial charge is 0.0468 e. The van der Waals surface area contributed by atoms with Crippen LogP contribution in [0.5, 0.6) is 0 Å². The van der Waals surface area contributed by atoms with Crippen LogP contribution in [0.3, 0.4) is 0 Å². The Hall–Kier alpha value is -7.48. The number of fused-ring (bicyclic) bond motifs is 5. The highest BCUT2D eigenvalue weighted by atomic mass is 15.1. The average molecular weight is 766 g/mol. The van der Waals surface area contributed by atoms with Crippen LogP contribution in [0.1, 0.15) is 25.0 Å². The van der Waals surface area contributed by atoms with Gasteiger partial charge in [0.2, 0.25) is 0 Å². The van der Waals surface area contributed by atoms with Crippen LogP contribution < -0.4 is 4.90 Å². The van der Waals surface area contributed by atoms with Crippen LogP contribution >= 0.6 is 0 Å². The van der Waals surface area contributed by atoms with Crippen molar-refractivity contribution in [3.8, 4) is 55.6 Å². The first-order valence-corrected chi connectivity index (χ1v) is 20.9. The lowest BCUT2D eigenvalue weighted by Crippen LogP contribution is -2.14. The monoisotopic (exact) mass is 765 g/mol. The average Bonchev–Trinajstić information content (AvgIpc) is 3.55. The van der Waals surface area contributed by atoms with E-state index in [4.69, 9.17) is 0 Å². The van der Waals surface area contributed by atoms with Gasteiger partial charge in [-0.05, 0) is 137 Å². The highest BCUT2D eigenvalue weighted by Gasteiger charge is 2.36. The van der Waals surface area contributed by atoms with Gasteiger partial charge in [-0.1, -0.05) is 190 Å². The molecule has 0 amide bonds. The van der Waals surface area contributed by atoms with Gasteiger partial charge in [-0.25, -0.2) is 0 Å². The van der Waals surface area contributed by atoms with Crippen LogP contribution in [-0.4, -0.2) is 0 Å². The second-order valence-electron chi connectivity index (χ2n) is 16.5. The largest absolute Gasteiger partial charge is 0.310 e. The van der Waals surface area contributed by atoms with E-state index in [1.165, 1.54) is 88.3 Å². The van der Waals surface area contributed by atoms with Gasteiger partial charge in [0.25, 0.3) is 0 Å². The second kappa shape index (κ2) is 14.4. The van der Waals surface area contributed by atoms with Crippen molar-refractivity contribution in [1.29, 1.82) is 0 Å². The molecule has 0 spiro atoms. The summed E-state index contributed by atoms with van der Waals surface area (Å²) in [5.41, 5.74) is 18.6. The minimum atomic E-state index is -0.0331. The Bertz CT molecular complexity index is 3200. The number of benzene rings is 10. The zero-order valence-corrected chi connectivity index (χ0v) is 33.8. The summed E-state index contributed by atoms with van der Waals surface area (Å²) in [6, 6.07) is 82.3. The molecule has 0 radical (unpaired) electrons. The minimum Gasteiger partial charge on any atom is -0.310 e. The van der Waals surface area contributed by atoms with Gasteiger partial charge in [0.15, 0.2) is 0 Å². The van der Waals surface area contributed by atoms with Gasteiger partial charge in [-0.15, -0.1) is 0 Å². The van der Waals surface area contributed by atoms with E-state index in [0.717, 1.165) is 17.1 Å². The highest BCUT2D eigenvalue weighted by molar-refractivity contribution is 5.99. The van der Waals surface area contributed by atoms with Crippen LogP contribution in [0.4, 0.5) is 17.1 Å². The van der Waals surface area contributed by atoms with Gasteiger partial charge < -0.3 is 4.90 Å². The summed E-state index contributed by atoms with van der Waals surface area (Å²) >= 11 is 0. The Balaban J connectivity index is 0.988. The van der Waals surface area contributed by atoms with Gasteiger partial charge in [0.1, 0.15) is 0 Å². The lowest BCUT2D eigenvalue weighted by molar-refractivity contribution is 0.660. The first-order chi connectivity index (χ1) is 29.5. The Morgan fingerprint density at radius 3 is 1.62 bits per heavy atom. The van der Waals surface area contributed by atoms with E-state index in [1.54, 1.807) is 0 Å². The molecule has 0 aromatic heterocycles. The molecule has 0 heterocycles. The number of rotatable bonds is 7. The number of hydrogen-bond donors (Lipinski definition) is 0. The summed E-state index contributed by atoms with van der Waals surface area (Å²) in [4.78, 5) is 2.38. The topological polar surface area (TPSA) is 3.24 Å². The molecular weight excluding hydrogens is 723 g/mol. The third-order valence-electron chi connectivity index (χ3n) is 12.7. The number of nitrogens with zero attached hydrogens (tertiary/aromatic N) is 1. The molecule has 0 atom stereocenters. The molecule has 1 aliphatic carbocycles. The van der Waals surface area contributed by atoms with E-state index < -0.39 is 0 Å². The van der Waals surface area contributed by atoms with Gasteiger partial charge in [-0.3, -0.25) is 0 Å².